The van der Waals surface area contributed by atoms with E-state index in [1.54, 1.807) is 44.9 Å². The van der Waals surface area contributed by atoms with Crippen molar-refractivity contribution < 1.29 is 9.47 Å². The molecule has 0 spiro atoms. The molecule has 9 heteroatoms. The molecule has 0 unspecified atom stereocenters. The van der Waals surface area contributed by atoms with E-state index in [-0.39, 0.29) is 5.56 Å². The van der Waals surface area contributed by atoms with Gasteiger partial charge in [-0.2, -0.15) is 0 Å². The summed E-state index contributed by atoms with van der Waals surface area (Å²) in [4.78, 5) is 25.3. The summed E-state index contributed by atoms with van der Waals surface area (Å²) in [7, 11) is 3.23. The molecule has 4 aromatic rings. The number of aromatic nitrogens is 5. The maximum absolute atomic E-state index is 12.8. The molecule has 0 aliphatic carbocycles. The van der Waals surface area contributed by atoms with Crippen molar-refractivity contribution in [3.8, 4) is 28.4 Å². The predicted octanol–water partition coefficient (Wildman–Crippen LogP) is 2.69. The van der Waals surface area contributed by atoms with Crippen LogP contribution < -0.4 is 20.3 Å². The number of nitrogens with zero attached hydrogens (tertiary/aromatic N) is 4. The van der Waals surface area contributed by atoms with Crippen molar-refractivity contribution in [2.24, 2.45) is 0 Å². The first-order valence-electron chi connectivity index (χ1n) is 9.67. The molecule has 9 nitrogen and oxygen atoms in total. The molecule has 0 saturated carbocycles. The Hall–Kier alpha value is -4.14. The molecule has 1 aromatic carbocycles. The van der Waals surface area contributed by atoms with Crippen LogP contribution in [0, 0.1) is 0 Å². The Kier molecular flexibility index (Phi) is 5.93. The van der Waals surface area contributed by atoms with Gasteiger partial charge >= 0.3 is 0 Å². The first kappa shape index (κ1) is 20.1. The van der Waals surface area contributed by atoms with E-state index in [4.69, 9.17) is 9.47 Å². The van der Waals surface area contributed by atoms with E-state index in [2.05, 4.69) is 25.4 Å². The number of methoxy groups -OCH3 is 2. The summed E-state index contributed by atoms with van der Waals surface area (Å²) >= 11 is 0. The van der Waals surface area contributed by atoms with Crippen molar-refractivity contribution in [1.29, 1.82) is 0 Å². The predicted molar refractivity (Wildman–Crippen MR) is 117 cm³/mol. The number of H-pyrrole nitrogens is 1. The minimum Gasteiger partial charge on any atom is -0.493 e. The van der Waals surface area contributed by atoms with E-state index in [1.165, 1.54) is 11.0 Å². The minimum atomic E-state index is -0.206. The average molecular weight is 418 g/mol. The highest BCUT2D eigenvalue weighted by Crippen LogP contribution is 2.27. The van der Waals surface area contributed by atoms with Gasteiger partial charge in [0, 0.05) is 36.8 Å². The summed E-state index contributed by atoms with van der Waals surface area (Å²) < 4.78 is 12.0. The second-order valence-corrected chi connectivity index (χ2v) is 6.70. The summed E-state index contributed by atoms with van der Waals surface area (Å²) in [5.74, 6) is 2.46. The number of aromatic amines is 1. The van der Waals surface area contributed by atoms with Crippen molar-refractivity contribution in [1.82, 2.24) is 24.7 Å². The molecule has 0 bridgehead atoms. The fourth-order valence-electron chi connectivity index (χ4n) is 3.21. The zero-order valence-electron chi connectivity index (χ0n) is 17.2. The van der Waals surface area contributed by atoms with Gasteiger partial charge in [-0.15, -0.1) is 0 Å². The lowest BCUT2D eigenvalue weighted by atomic mass is 10.1. The summed E-state index contributed by atoms with van der Waals surface area (Å²) in [5.41, 5.74) is 2.16. The molecule has 31 heavy (non-hydrogen) atoms. The largest absolute Gasteiger partial charge is 0.493 e. The molecular weight excluding hydrogens is 396 g/mol. The van der Waals surface area contributed by atoms with Gasteiger partial charge in [0.05, 0.1) is 19.8 Å². The number of pyridine rings is 1. The van der Waals surface area contributed by atoms with Crippen molar-refractivity contribution >= 4 is 5.82 Å². The van der Waals surface area contributed by atoms with Crippen LogP contribution in [0.3, 0.4) is 0 Å². The van der Waals surface area contributed by atoms with Crippen LogP contribution in [0.1, 0.15) is 5.56 Å². The Morgan fingerprint density at radius 1 is 1.10 bits per heavy atom. The molecule has 2 N–H and O–H groups in total. The van der Waals surface area contributed by atoms with Crippen LogP contribution in [0.5, 0.6) is 11.5 Å². The van der Waals surface area contributed by atoms with Crippen LogP contribution >= 0.6 is 0 Å². The molecule has 3 aromatic heterocycles. The maximum atomic E-state index is 12.8. The molecule has 0 aliphatic rings. The van der Waals surface area contributed by atoms with Gasteiger partial charge in [-0.1, -0.05) is 12.1 Å². The lowest BCUT2D eigenvalue weighted by molar-refractivity contribution is 0.354. The van der Waals surface area contributed by atoms with Crippen molar-refractivity contribution in [3.05, 3.63) is 77.2 Å². The zero-order chi connectivity index (χ0) is 21.6. The Bertz CT molecular complexity index is 1220. The quantitative estimate of drug-likeness (QED) is 0.453. The zero-order valence-corrected chi connectivity index (χ0v) is 17.2. The van der Waals surface area contributed by atoms with E-state index in [0.29, 0.717) is 35.2 Å². The minimum absolute atomic E-state index is 0.206. The molecule has 4 rings (SSSR count). The van der Waals surface area contributed by atoms with Gasteiger partial charge in [0.1, 0.15) is 12.1 Å². The van der Waals surface area contributed by atoms with E-state index >= 15 is 0 Å². The highest BCUT2D eigenvalue weighted by Gasteiger charge is 2.11. The number of anilines is 1. The summed E-state index contributed by atoms with van der Waals surface area (Å²) in [5, 5.41) is 6.22. The Labute approximate surface area is 178 Å². The van der Waals surface area contributed by atoms with Crippen LogP contribution in [-0.2, 0) is 6.42 Å². The number of hydrogen-bond acceptors (Lipinski definition) is 7. The Balaban J connectivity index is 1.46. The Morgan fingerprint density at radius 3 is 2.74 bits per heavy atom. The van der Waals surface area contributed by atoms with Gasteiger partial charge in [0.25, 0.3) is 5.56 Å². The van der Waals surface area contributed by atoms with Crippen molar-refractivity contribution in [2.45, 2.75) is 6.42 Å². The van der Waals surface area contributed by atoms with E-state index in [1.807, 2.05) is 24.3 Å². The molecule has 0 fully saturated rings. The highest BCUT2D eigenvalue weighted by molar-refractivity contribution is 5.60. The fourth-order valence-corrected chi connectivity index (χ4v) is 3.21. The summed E-state index contributed by atoms with van der Waals surface area (Å²) in [6, 6.07) is 11.2. The van der Waals surface area contributed by atoms with Gasteiger partial charge in [0.2, 0.25) is 0 Å². The molecule has 0 amide bonds. The number of hydrogen-bond donors (Lipinski definition) is 2. The summed E-state index contributed by atoms with van der Waals surface area (Å²) in [6.45, 7) is 0.645. The molecule has 158 valence electrons. The van der Waals surface area contributed by atoms with Crippen molar-refractivity contribution in [3.63, 3.8) is 0 Å². The van der Waals surface area contributed by atoms with E-state index < -0.39 is 0 Å². The van der Waals surface area contributed by atoms with Gasteiger partial charge in [-0.3, -0.25) is 14.9 Å². The van der Waals surface area contributed by atoms with E-state index in [0.717, 1.165) is 17.5 Å². The van der Waals surface area contributed by atoms with Gasteiger partial charge < -0.3 is 14.8 Å². The van der Waals surface area contributed by atoms with Crippen LogP contribution in [0.15, 0.2) is 66.1 Å². The third-order valence-corrected chi connectivity index (χ3v) is 4.79. The van der Waals surface area contributed by atoms with Gasteiger partial charge in [-0.05, 0) is 30.2 Å². The van der Waals surface area contributed by atoms with Gasteiger partial charge in [-0.25, -0.2) is 14.6 Å². The second-order valence-electron chi connectivity index (χ2n) is 6.70. The fraction of sp³-hybridized carbons (Fsp3) is 0.182. The SMILES string of the molecule is COc1ccc(CCNc2cc(-n3[nH]cc(-c4cccnc4)c3=O)ncn2)cc1OC. The van der Waals surface area contributed by atoms with Gasteiger partial charge in [0.15, 0.2) is 17.3 Å². The summed E-state index contributed by atoms with van der Waals surface area (Å²) in [6.07, 6.45) is 7.14. The third kappa shape index (κ3) is 4.40. The molecule has 0 radical (unpaired) electrons. The second kappa shape index (κ2) is 9.12. The van der Waals surface area contributed by atoms with E-state index in [9.17, 15) is 4.79 Å². The molecule has 0 atom stereocenters. The Morgan fingerprint density at radius 2 is 1.97 bits per heavy atom. The normalized spacial score (nSPS) is 10.6. The first-order valence-corrected chi connectivity index (χ1v) is 9.67. The number of benzene rings is 1. The standard InChI is InChI=1S/C22H22N6O3/c1-30-18-6-5-15(10-19(18)31-2)7-9-24-20-11-21(26-14-25-20)28-22(29)17(13-27-28)16-4-3-8-23-12-16/h3-6,8,10-14,27H,7,9H2,1-2H3,(H,24,25,26). The smallest absolute Gasteiger partial charge is 0.280 e. The number of nitrogens with one attached hydrogen (secondary N) is 2. The monoisotopic (exact) mass is 418 g/mol. The van der Waals surface area contributed by atoms with Crippen LogP contribution in [0.4, 0.5) is 5.82 Å². The maximum Gasteiger partial charge on any atom is 0.280 e. The molecule has 0 saturated heterocycles. The lowest BCUT2D eigenvalue weighted by Crippen LogP contribution is -2.17. The average Bonchev–Trinajstić information content (AvgIpc) is 3.21. The number of rotatable bonds is 8. The van der Waals surface area contributed by atoms with Crippen LogP contribution in [-0.4, -0.2) is 45.5 Å². The number of ether oxygens (including phenoxy) is 2. The van der Waals surface area contributed by atoms with Crippen molar-refractivity contribution in [2.75, 3.05) is 26.1 Å². The molecular formula is C22H22N6O3. The van der Waals surface area contributed by atoms with Crippen LogP contribution in [0.2, 0.25) is 0 Å². The first-order chi connectivity index (χ1) is 15.2. The molecule has 3 heterocycles. The topological polar surface area (TPSA) is 107 Å². The lowest BCUT2D eigenvalue weighted by Gasteiger charge is -2.10. The third-order valence-electron chi connectivity index (χ3n) is 4.79. The molecule has 0 aliphatic heterocycles. The van der Waals surface area contributed by atoms with Crippen LogP contribution in [0.25, 0.3) is 16.9 Å². The highest BCUT2D eigenvalue weighted by atomic mass is 16.5.